The molecule has 1 saturated heterocycles. The lowest BCUT2D eigenvalue weighted by atomic mass is 10.0. The fourth-order valence-electron chi connectivity index (χ4n) is 4.29. The van der Waals surface area contributed by atoms with Crippen LogP contribution in [-0.4, -0.2) is 41.9 Å². The second kappa shape index (κ2) is 11.2. The molecule has 0 bridgehead atoms. The van der Waals surface area contributed by atoms with Crippen LogP contribution >= 0.6 is 0 Å². The van der Waals surface area contributed by atoms with Crippen LogP contribution in [0.5, 0.6) is 0 Å². The maximum absolute atomic E-state index is 14.2. The molecule has 0 aliphatic carbocycles. The minimum atomic E-state index is -3.86. The summed E-state index contributed by atoms with van der Waals surface area (Å²) < 4.78 is 48.4. The molecule has 3 aromatic rings. The summed E-state index contributed by atoms with van der Waals surface area (Å²) in [5.74, 6) is 0.197. The van der Waals surface area contributed by atoms with Gasteiger partial charge in [0, 0.05) is 43.7 Å². The minimum Gasteiger partial charge on any atom is -0.372 e. The van der Waals surface area contributed by atoms with E-state index in [9.17, 15) is 12.8 Å². The van der Waals surface area contributed by atoms with Gasteiger partial charge < -0.3 is 10.1 Å². The van der Waals surface area contributed by atoms with Gasteiger partial charge in [0.25, 0.3) is 0 Å². The number of rotatable bonds is 9. The third kappa shape index (κ3) is 6.04. The lowest BCUT2D eigenvalue weighted by Gasteiger charge is -2.30. The van der Waals surface area contributed by atoms with Crippen LogP contribution in [0, 0.1) is 12.7 Å². The lowest BCUT2D eigenvalue weighted by molar-refractivity contribution is 0.00716. The van der Waals surface area contributed by atoms with Crippen molar-refractivity contribution in [3.63, 3.8) is 0 Å². The summed E-state index contributed by atoms with van der Waals surface area (Å²) in [7, 11) is -3.86. The van der Waals surface area contributed by atoms with Gasteiger partial charge in [-0.15, -0.1) is 0 Å². The van der Waals surface area contributed by atoms with Crippen molar-refractivity contribution >= 4 is 15.8 Å². The van der Waals surface area contributed by atoms with Crippen LogP contribution in [0.15, 0.2) is 65.8 Å². The summed E-state index contributed by atoms with van der Waals surface area (Å²) in [6.07, 6.45) is 5.23. The second-order valence-corrected chi connectivity index (χ2v) is 10.7. The molecule has 1 fully saturated rings. The Morgan fingerprint density at radius 3 is 2.69 bits per heavy atom. The molecule has 9 heteroatoms. The number of hydrogen-bond acceptors (Lipinski definition) is 6. The maximum Gasteiger partial charge on any atom is 0.245 e. The standard InChI is InChI=1S/C26H31FN4O3S/c1-3-13-31(18-20-8-4-5-9-22(20)27)35(32,33)25-17-29-26(15-19(25)2)30-21-11-14-34-24(16-21)23-10-6-7-12-28-23/h4-10,12,15,17,21,24H,3,11,13-14,16,18H2,1-2H3,(H,29,30)/t21-,24-/m1/s1. The number of ether oxygens (including phenoxy) is 1. The van der Waals surface area contributed by atoms with Gasteiger partial charge in [0.05, 0.1) is 5.69 Å². The van der Waals surface area contributed by atoms with Crippen LogP contribution in [0.1, 0.15) is 49.1 Å². The zero-order valence-corrected chi connectivity index (χ0v) is 20.8. The number of nitrogens with zero attached hydrogens (tertiary/aromatic N) is 3. The van der Waals surface area contributed by atoms with Gasteiger partial charge in [-0.3, -0.25) is 4.98 Å². The molecule has 0 radical (unpaired) electrons. The molecule has 1 aromatic carbocycles. The van der Waals surface area contributed by atoms with Crippen LogP contribution in [0.2, 0.25) is 0 Å². The van der Waals surface area contributed by atoms with Crippen LogP contribution in [0.25, 0.3) is 0 Å². The predicted octanol–water partition coefficient (Wildman–Crippen LogP) is 4.86. The predicted molar refractivity (Wildman–Crippen MR) is 133 cm³/mol. The number of hydrogen-bond donors (Lipinski definition) is 1. The molecule has 2 aromatic heterocycles. The summed E-state index contributed by atoms with van der Waals surface area (Å²) in [4.78, 5) is 8.95. The first-order valence-electron chi connectivity index (χ1n) is 11.9. The summed E-state index contributed by atoms with van der Waals surface area (Å²) in [6.45, 7) is 4.51. The monoisotopic (exact) mass is 498 g/mol. The summed E-state index contributed by atoms with van der Waals surface area (Å²) in [5.41, 5.74) is 1.83. The van der Waals surface area contributed by atoms with E-state index in [2.05, 4.69) is 15.3 Å². The molecular weight excluding hydrogens is 467 g/mol. The van der Waals surface area contributed by atoms with Crippen molar-refractivity contribution in [3.05, 3.63) is 83.6 Å². The van der Waals surface area contributed by atoms with Crippen LogP contribution in [-0.2, 0) is 21.3 Å². The molecule has 1 aliphatic heterocycles. The molecule has 0 unspecified atom stereocenters. The van der Waals surface area contributed by atoms with Gasteiger partial charge in [0.2, 0.25) is 10.0 Å². The largest absolute Gasteiger partial charge is 0.372 e. The molecule has 35 heavy (non-hydrogen) atoms. The van der Waals surface area contributed by atoms with E-state index in [0.29, 0.717) is 30.0 Å². The maximum atomic E-state index is 14.2. The molecule has 0 saturated carbocycles. The highest BCUT2D eigenvalue weighted by molar-refractivity contribution is 7.89. The topological polar surface area (TPSA) is 84.4 Å². The van der Waals surface area contributed by atoms with E-state index in [1.165, 1.54) is 16.6 Å². The van der Waals surface area contributed by atoms with Crippen molar-refractivity contribution in [2.24, 2.45) is 0 Å². The van der Waals surface area contributed by atoms with E-state index < -0.39 is 15.8 Å². The van der Waals surface area contributed by atoms with E-state index in [1.807, 2.05) is 25.1 Å². The van der Waals surface area contributed by atoms with E-state index in [0.717, 1.165) is 18.5 Å². The smallest absolute Gasteiger partial charge is 0.245 e. The summed E-state index contributed by atoms with van der Waals surface area (Å²) >= 11 is 0. The van der Waals surface area contributed by atoms with Crippen molar-refractivity contribution in [1.29, 1.82) is 0 Å². The number of halogens is 1. The minimum absolute atomic E-state index is 0.0285. The van der Waals surface area contributed by atoms with Gasteiger partial charge in [-0.05, 0) is 56.0 Å². The van der Waals surface area contributed by atoms with Crippen LogP contribution in [0.4, 0.5) is 10.2 Å². The molecule has 7 nitrogen and oxygen atoms in total. The molecular formula is C26H31FN4O3S. The van der Waals surface area contributed by atoms with Gasteiger partial charge in [0.15, 0.2) is 0 Å². The highest BCUT2D eigenvalue weighted by Gasteiger charge is 2.28. The number of anilines is 1. The molecule has 0 spiro atoms. The van der Waals surface area contributed by atoms with Crippen molar-refractivity contribution in [3.8, 4) is 0 Å². The molecule has 0 amide bonds. The molecule has 3 heterocycles. The number of aromatic nitrogens is 2. The highest BCUT2D eigenvalue weighted by Crippen LogP contribution is 2.29. The average molecular weight is 499 g/mol. The van der Waals surface area contributed by atoms with Gasteiger partial charge in [-0.1, -0.05) is 31.2 Å². The Morgan fingerprint density at radius 1 is 1.17 bits per heavy atom. The van der Waals surface area contributed by atoms with Gasteiger partial charge in [-0.2, -0.15) is 4.31 Å². The fourth-order valence-corrected chi connectivity index (χ4v) is 5.95. The summed E-state index contributed by atoms with van der Waals surface area (Å²) in [5, 5.41) is 3.42. The SMILES string of the molecule is CCCN(Cc1ccccc1F)S(=O)(=O)c1cnc(N[C@@H]2CCO[C@@H](c3ccccn3)C2)cc1C. The first kappa shape index (κ1) is 25.2. The van der Waals surface area contributed by atoms with Crippen LogP contribution in [0.3, 0.4) is 0 Å². The zero-order valence-electron chi connectivity index (χ0n) is 20.0. The Balaban J connectivity index is 1.49. The normalized spacial score (nSPS) is 18.5. The molecule has 1 N–H and O–H groups in total. The average Bonchev–Trinajstić information content (AvgIpc) is 2.85. The van der Waals surface area contributed by atoms with E-state index in [4.69, 9.17) is 4.74 Å². The Hall–Kier alpha value is -2.88. The first-order valence-corrected chi connectivity index (χ1v) is 13.3. The van der Waals surface area contributed by atoms with Crippen molar-refractivity contribution < 1.29 is 17.5 Å². The van der Waals surface area contributed by atoms with E-state index in [-0.39, 0.29) is 30.1 Å². The lowest BCUT2D eigenvalue weighted by Crippen LogP contribution is -2.33. The van der Waals surface area contributed by atoms with Gasteiger partial charge in [0.1, 0.15) is 22.6 Å². The Kier molecular flexibility index (Phi) is 8.10. The Labute approximate surface area is 206 Å². The number of sulfonamides is 1. The Bertz CT molecular complexity index is 1240. The number of aryl methyl sites for hydroxylation is 1. The van der Waals surface area contributed by atoms with E-state index in [1.54, 1.807) is 37.4 Å². The number of pyridine rings is 2. The van der Waals surface area contributed by atoms with Crippen LogP contribution < -0.4 is 5.32 Å². The number of nitrogens with one attached hydrogen (secondary N) is 1. The quantitative estimate of drug-likeness (QED) is 0.454. The van der Waals surface area contributed by atoms with Crippen molar-refractivity contribution in [1.82, 2.24) is 14.3 Å². The summed E-state index contributed by atoms with van der Waals surface area (Å²) in [6, 6.07) is 13.9. The third-order valence-corrected chi connectivity index (χ3v) is 8.09. The fraction of sp³-hybridized carbons (Fsp3) is 0.385. The van der Waals surface area contributed by atoms with Gasteiger partial charge >= 0.3 is 0 Å². The molecule has 186 valence electrons. The number of benzene rings is 1. The van der Waals surface area contributed by atoms with E-state index >= 15 is 0 Å². The third-order valence-electron chi connectivity index (χ3n) is 6.11. The molecule has 2 atom stereocenters. The first-order chi connectivity index (χ1) is 16.9. The Morgan fingerprint density at radius 2 is 1.97 bits per heavy atom. The second-order valence-electron chi connectivity index (χ2n) is 8.74. The van der Waals surface area contributed by atoms with Crippen molar-refractivity contribution in [2.75, 3.05) is 18.5 Å². The highest BCUT2D eigenvalue weighted by atomic mass is 32.2. The molecule has 4 rings (SSSR count). The van der Waals surface area contributed by atoms with Crippen molar-refractivity contribution in [2.45, 2.75) is 56.7 Å². The molecule has 1 aliphatic rings. The van der Waals surface area contributed by atoms with Gasteiger partial charge in [-0.25, -0.2) is 17.8 Å². The zero-order chi connectivity index (χ0) is 24.8.